The van der Waals surface area contributed by atoms with Gasteiger partial charge >= 0.3 is 0 Å². The molecule has 3 nitrogen and oxygen atoms in total. The summed E-state index contributed by atoms with van der Waals surface area (Å²) in [7, 11) is 0. The highest BCUT2D eigenvalue weighted by Gasteiger charge is 2.08. The molecule has 0 fully saturated rings. The Labute approximate surface area is 110 Å². The van der Waals surface area contributed by atoms with Crippen LogP contribution in [-0.2, 0) is 6.54 Å². The highest BCUT2D eigenvalue weighted by atomic mass is 79.9. The number of rotatable bonds is 3. The summed E-state index contributed by atoms with van der Waals surface area (Å²) in [6.45, 7) is 5.16. The number of nitrogens with two attached hydrogens (primary N) is 1. The quantitative estimate of drug-likeness (QED) is 0.940. The Bertz CT molecular complexity index is 500. The molecule has 90 valence electrons. The molecular weight excluding hydrogens is 278 g/mol. The summed E-state index contributed by atoms with van der Waals surface area (Å²) < 4.78 is 2.93. The number of nitrogen functional groups attached to an aromatic ring is 1. The van der Waals surface area contributed by atoms with Gasteiger partial charge in [0.05, 0.1) is 5.69 Å². The van der Waals surface area contributed by atoms with Crippen molar-refractivity contribution in [2.24, 2.45) is 5.92 Å². The fraction of sp³-hybridized carbons (Fsp3) is 0.308. The lowest BCUT2D eigenvalue weighted by Gasteiger charge is -2.06. The zero-order valence-electron chi connectivity index (χ0n) is 10.0. The Kier molecular flexibility index (Phi) is 3.52. The summed E-state index contributed by atoms with van der Waals surface area (Å²) in [4.78, 5) is 0. The molecule has 0 aliphatic heterocycles. The van der Waals surface area contributed by atoms with Gasteiger partial charge in [-0.3, -0.25) is 0 Å². The first kappa shape index (κ1) is 12.2. The van der Waals surface area contributed by atoms with Crippen LogP contribution in [0.4, 0.5) is 5.82 Å². The van der Waals surface area contributed by atoms with Gasteiger partial charge in [-0.05, 0) is 18.1 Å². The van der Waals surface area contributed by atoms with Gasteiger partial charge in [0.1, 0.15) is 5.82 Å². The van der Waals surface area contributed by atoms with Gasteiger partial charge in [-0.25, -0.2) is 4.68 Å². The third-order valence-electron chi connectivity index (χ3n) is 2.49. The van der Waals surface area contributed by atoms with E-state index in [9.17, 15) is 0 Å². The Hall–Kier alpha value is -1.29. The van der Waals surface area contributed by atoms with Gasteiger partial charge in [-0.2, -0.15) is 5.10 Å². The fourth-order valence-corrected chi connectivity index (χ4v) is 1.95. The number of hydrogen-bond acceptors (Lipinski definition) is 2. The Morgan fingerprint density at radius 3 is 2.53 bits per heavy atom. The van der Waals surface area contributed by atoms with Crippen molar-refractivity contribution in [3.05, 3.63) is 34.8 Å². The summed E-state index contributed by atoms with van der Waals surface area (Å²) in [5.74, 6) is 1.26. The zero-order valence-corrected chi connectivity index (χ0v) is 11.6. The predicted octanol–water partition coefficient (Wildman–Crippen LogP) is 3.55. The first-order chi connectivity index (χ1) is 8.06. The molecule has 2 aromatic rings. The van der Waals surface area contributed by atoms with Gasteiger partial charge in [0.15, 0.2) is 0 Å². The lowest BCUT2D eigenvalue weighted by atomic mass is 10.2. The number of anilines is 1. The van der Waals surface area contributed by atoms with Crippen LogP contribution in [0, 0.1) is 5.92 Å². The Morgan fingerprint density at radius 1 is 1.29 bits per heavy atom. The molecule has 1 aromatic carbocycles. The smallest absolute Gasteiger partial charge is 0.122 e. The van der Waals surface area contributed by atoms with E-state index in [1.54, 1.807) is 0 Å². The molecule has 0 atom stereocenters. The normalized spacial score (nSPS) is 11.1. The molecule has 0 spiro atoms. The van der Waals surface area contributed by atoms with Crippen LogP contribution in [0.15, 0.2) is 34.8 Å². The number of aromatic nitrogens is 2. The minimum Gasteiger partial charge on any atom is -0.384 e. The molecule has 4 heteroatoms. The topological polar surface area (TPSA) is 43.8 Å². The molecule has 1 aromatic heterocycles. The van der Waals surface area contributed by atoms with E-state index in [0.717, 1.165) is 28.1 Å². The number of nitrogens with zero attached hydrogens (tertiary/aromatic N) is 2. The SMILES string of the molecule is CC(C)Cn1nc(-c2ccc(Br)cc2)cc1N. The van der Waals surface area contributed by atoms with E-state index >= 15 is 0 Å². The average Bonchev–Trinajstić information content (AvgIpc) is 2.60. The lowest BCUT2D eigenvalue weighted by Crippen LogP contribution is -2.09. The van der Waals surface area contributed by atoms with Crippen molar-refractivity contribution in [3.8, 4) is 11.3 Å². The van der Waals surface area contributed by atoms with Crippen LogP contribution in [0.25, 0.3) is 11.3 Å². The second kappa shape index (κ2) is 4.92. The van der Waals surface area contributed by atoms with Crippen molar-refractivity contribution in [1.82, 2.24) is 9.78 Å². The van der Waals surface area contributed by atoms with E-state index in [0.29, 0.717) is 5.92 Å². The van der Waals surface area contributed by atoms with E-state index in [1.807, 2.05) is 35.0 Å². The maximum Gasteiger partial charge on any atom is 0.122 e. The van der Waals surface area contributed by atoms with Gasteiger partial charge in [0.25, 0.3) is 0 Å². The summed E-state index contributed by atoms with van der Waals surface area (Å²) >= 11 is 3.42. The molecule has 0 saturated carbocycles. The number of hydrogen-bond donors (Lipinski definition) is 1. The van der Waals surface area contributed by atoms with Gasteiger partial charge < -0.3 is 5.73 Å². The van der Waals surface area contributed by atoms with E-state index < -0.39 is 0 Å². The van der Waals surface area contributed by atoms with Crippen molar-refractivity contribution in [1.29, 1.82) is 0 Å². The molecule has 0 aliphatic rings. The van der Waals surface area contributed by atoms with Gasteiger partial charge in [-0.1, -0.05) is 41.9 Å². The Morgan fingerprint density at radius 2 is 1.94 bits per heavy atom. The maximum atomic E-state index is 5.95. The van der Waals surface area contributed by atoms with E-state index in [-0.39, 0.29) is 0 Å². The minimum absolute atomic E-state index is 0.537. The third kappa shape index (κ3) is 2.88. The third-order valence-corrected chi connectivity index (χ3v) is 3.02. The van der Waals surface area contributed by atoms with Crippen molar-refractivity contribution >= 4 is 21.7 Å². The van der Waals surface area contributed by atoms with Crippen LogP contribution < -0.4 is 5.73 Å². The van der Waals surface area contributed by atoms with E-state index in [2.05, 4.69) is 34.9 Å². The summed E-state index contributed by atoms with van der Waals surface area (Å²) in [6, 6.07) is 10.0. The van der Waals surface area contributed by atoms with Crippen LogP contribution in [0.5, 0.6) is 0 Å². The standard InChI is InChI=1S/C13H16BrN3/c1-9(2)8-17-13(15)7-12(16-17)10-3-5-11(14)6-4-10/h3-7,9H,8,15H2,1-2H3. The van der Waals surface area contributed by atoms with Crippen molar-refractivity contribution in [2.45, 2.75) is 20.4 Å². The first-order valence-electron chi connectivity index (χ1n) is 5.65. The van der Waals surface area contributed by atoms with Crippen molar-refractivity contribution < 1.29 is 0 Å². The highest BCUT2D eigenvalue weighted by molar-refractivity contribution is 9.10. The molecule has 0 unspecified atom stereocenters. The molecular formula is C13H16BrN3. The van der Waals surface area contributed by atoms with E-state index in [4.69, 9.17) is 5.73 Å². The molecule has 2 rings (SSSR count). The second-order valence-corrected chi connectivity index (χ2v) is 5.45. The minimum atomic E-state index is 0.537. The van der Waals surface area contributed by atoms with Gasteiger partial charge in [-0.15, -0.1) is 0 Å². The van der Waals surface area contributed by atoms with Crippen molar-refractivity contribution in [2.75, 3.05) is 5.73 Å². The molecule has 1 heterocycles. The first-order valence-corrected chi connectivity index (χ1v) is 6.45. The van der Waals surface area contributed by atoms with Crippen LogP contribution in [0.1, 0.15) is 13.8 Å². The fourth-order valence-electron chi connectivity index (χ4n) is 1.69. The molecule has 0 aliphatic carbocycles. The summed E-state index contributed by atoms with van der Waals surface area (Å²) in [5.41, 5.74) is 7.96. The molecule has 0 saturated heterocycles. The summed E-state index contributed by atoms with van der Waals surface area (Å²) in [5, 5.41) is 4.53. The highest BCUT2D eigenvalue weighted by Crippen LogP contribution is 2.22. The molecule has 17 heavy (non-hydrogen) atoms. The zero-order chi connectivity index (χ0) is 12.4. The van der Waals surface area contributed by atoms with Crippen LogP contribution in [0.3, 0.4) is 0 Å². The van der Waals surface area contributed by atoms with Crippen LogP contribution in [-0.4, -0.2) is 9.78 Å². The maximum absolute atomic E-state index is 5.95. The molecule has 2 N–H and O–H groups in total. The molecule has 0 bridgehead atoms. The van der Waals surface area contributed by atoms with E-state index in [1.165, 1.54) is 0 Å². The lowest BCUT2D eigenvalue weighted by molar-refractivity contribution is 0.489. The van der Waals surface area contributed by atoms with Gasteiger partial charge in [0, 0.05) is 22.6 Å². The predicted molar refractivity (Wildman–Crippen MR) is 74.6 cm³/mol. The van der Waals surface area contributed by atoms with Crippen molar-refractivity contribution in [3.63, 3.8) is 0 Å². The largest absolute Gasteiger partial charge is 0.384 e. The molecule has 0 radical (unpaired) electrons. The van der Waals surface area contributed by atoms with Crippen LogP contribution >= 0.6 is 15.9 Å². The second-order valence-electron chi connectivity index (χ2n) is 4.54. The Balaban J connectivity index is 2.31. The van der Waals surface area contributed by atoms with Gasteiger partial charge in [0.2, 0.25) is 0 Å². The van der Waals surface area contributed by atoms with Crippen LogP contribution in [0.2, 0.25) is 0 Å². The monoisotopic (exact) mass is 293 g/mol. The molecule has 0 amide bonds. The summed E-state index contributed by atoms with van der Waals surface area (Å²) in [6.07, 6.45) is 0. The average molecular weight is 294 g/mol. The number of halogens is 1. The number of benzene rings is 1.